The predicted molar refractivity (Wildman–Crippen MR) is 95.8 cm³/mol. The normalized spacial score (nSPS) is 22.7. The molecule has 1 atom stereocenters. The van der Waals surface area contributed by atoms with Gasteiger partial charge < -0.3 is 16.0 Å². The Bertz CT molecular complexity index is 532. The van der Waals surface area contributed by atoms with Crippen molar-refractivity contribution in [1.82, 2.24) is 14.9 Å². The average molecular weight is 318 g/mol. The van der Waals surface area contributed by atoms with E-state index >= 15 is 0 Å². The Balaban J connectivity index is 1.66. The number of nitrogen functional groups attached to an aromatic ring is 1. The fraction of sp³-hybridized carbons (Fsp3) is 0.765. The van der Waals surface area contributed by atoms with Gasteiger partial charge in [0.1, 0.15) is 11.6 Å². The number of nitrogens with one attached hydrogen (secondary N) is 1. The van der Waals surface area contributed by atoms with E-state index in [2.05, 4.69) is 45.9 Å². The first-order chi connectivity index (χ1) is 10.9. The molecule has 23 heavy (non-hydrogen) atoms. The van der Waals surface area contributed by atoms with E-state index in [0.717, 1.165) is 31.3 Å². The molecule has 6 heteroatoms. The summed E-state index contributed by atoms with van der Waals surface area (Å²) in [6.07, 6.45) is 3.91. The van der Waals surface area contributed by atoms with E-state index < -0.39 is 0 Å². The fourth-order valence-electron chi connectivity index (χ4n) is 3.42. The lowest BCUT2D eigenvalue weighted by Crippen LogP contribution is -2.35. The maximum atomic E-state index is 5.92. The van der Waals surface area contributed by atoms with Crippen LogP contribution < -0.4 is 16.0 Å². The lowest BCUT2D eigenvalue weighted by atomic mass is 9.97. The largest absolute Gasteiger partial charge is 0.369 e. The highest BCUT2D eigenvalue weighted by molar-refractivity contribution is 5.53. The van der Waals surface area contributed by atoms with Gasteiger partial charge in [-0.25, -0.2) is 0 Å². The number of rotatable bonds is 4. The molecule has 2 saturated heterocycles. The number of nitrogens with zero attached hydrogens (tertiary/aromatic N) is 4. The lowest BCUT2D eigenvalue weighted by molar-refractivity contribution is 0.260. The monoisotopic (exact) mass is 318 g/mol. The minimum Gasteiger partial charge on any atom is -0.369 e. The Labute approximate surface area is 139 Å². The third-order valence-corrected chi connectivity index (χ3v) is 4.67. The van der Waals surface area contributed by atoms with Gasteiger partial charge in [-0.05, 0) is 37.8 Å². The SMILES string of the molecule is CC(C)(C)CNc1cc(N2CC[C@H](N3CCCC3)C2)nc(N)n1. The van der Waals surface area contributed by atoms with E-state index in [-0.39, 0.29) is 5.41 Å². The summed E-state index contributed by atoms with van der Waals surface area (Å²) in [4.78, 5) is 13.8. The number of anilines is 3. The molecule has 0 aliphatic carbocycles. The van der Waals surface area contributed by atoms with Crippen LogP contribution in [0.15, 0.2) is 6.07 Å². The summed E-state index contributed by atoms with van der Waals surface area (Å²) >= 11 is 0. The van der Waals surface area contributed by atoms with Crippen molar-refractivity contribution in [3.8, 4) is 0 Å². The summed E-state index contributed by atoms with van der Waals surface area (Å²) < 4.78 is 0. The molecule has 3 heterocycles. The molecule has 0 bridgehead atoms. The van der Waals surface area contributed by atoms with Crippen molar-refractivity contribution < 1.29 is 0 Å². The number of nitrogens with two attached hydrogens (primary N) is 1. The van der Waals surface area contributed by atoms with Gasteiger partial charge in [-0.3, -0.25) is 4.90 Å². The summed E-state index contributed by atoms with van der Waals surface area (Å²) in [5.74, 6) is 2.13. The van der Waals surface area contributed by atoms with E-state index in [1.807, 2.05) is 6.07 Å². The molecule has 2 aliphatic rings. The molecule has 128 valence electrons. The van der Waals surface area contributed by atoms with Crippen LogP contribution in [0.25, 0.3) is 0 Å². The second-order valence-corrected chi connectivity index (χ2v) is 8.02. The Hall–Kier alpha value is -1.56. The van der Waals surface area contributed by atoms with Crippen molar-refractivity contribution in [2.45, 2.75) is 46.1 Å². The van der Waals surface area contributed by atoms with E-state index in [0.29, 0.717) is 12.0 Å². The zero-order valence-corrected chi connectivity index (χ0v) is 14.7. The van der Waals surface area contributed by atoms with E-state index in [1.165, 1.54) is 32.4 Å². The summed E-state index contributed by atoms with van der Waals surface area (Å²) in [5, 5.41) is 3.39. The molecule has 1 aromatic rings. The number of hydrogen-bond donors (Lipinski definition) is 2. The van der Waals surface area contributed by atoms with E-state index in [9.17, 15) is 0 Å². The van der Waals surface area contributed by atoms with Crippen LogP contribution in [-0.2, 0) is 0 Å². The first-order valence-corrected chi connectivity index (χ1v) is 8.78. The molecule has 1 aromatic heterocycles. The molecule has 3 N–H and O–H groups in total. The van der Waals surface area contributed by atoms with Gasteiger partial charge in [0, 0.05) is 31.7 Å². The van der Waals surface area contributed by atoms with Crippen LogP contribution in [-0.4, -0.2) is 53.6 Å². The second-order valence-electron chi connectivity index (χ2n) is 8.02. The Morgan fingerprint density at radius 3 is 2.65 bits per heavy atom. The van der Waals surface area contributed by atoms with Gasteiger partial charge in [-0.1, -0.05) is 20.8 Å². The van der Waals surface area contributed by atoms with Crippen LogP contribution in [0.5, 0.6) is 0 Å². The quantitative estimate of drug-likeness (QED) is 0.887. The van der Waals surface area contributed by atoms with Crippen molar-refractivity contribution in [2.24, 2.45) is 5.41 Å². The highest BCUT2D eigenvalue weighted by atomic mass is 15.3. The van der Waals surface area contributed by atoms with Gasteiger partial charge >= 0.3 is 0 Å². The van der Waals surface area contributed by atoms with E-state index in [4.69, 9.17) is 5.73 Å². The van der Waals surface area contributed by atoms with Gasteiger partial charge in [0.2, 0.25) is 5.95 Å². The standard InChI is InChI=1S/C17H30N6/c1-17(2,3)12-19-14-10-15(21-16(18)20-14)23-9-6-13(11-23)22-7-4-5-8-22/h10,13H,4-9,11-12H2,1-3H3,(H3,18,19,20,21)/t13-/m0/s1. The molecule has 6 nitrogen and oxygen atoms in total. The summed E-state index contributed by atoms with van der Waals surface area (Å²) in [7, 11) is 0. The third kappa shape index (κ3) is 4.25. The first-order valence-electron chi connectivity index (χ1n) is 8.78. The Morgan fingerprint density at radius 2 is 1.96 bits per heavy atom. The van der Waals surface area contributed by atoms with Crippen molar-refractivity contribution in [3.05, 3.63) is 6.07 Å². The van der Waals surface area contributed by atoms with Gasteiger partial charge in [-0.2, -0.15) is 9.97 Å². The maximum absolute atomic E-state index is 5.92. The Kier molecular flexibility index (Phi) is 4.62. The smallest absolute Gasteiger partial charge is 0.223 e. The van der Waals surface area contributed by atoms with Crippen LogP contribution in [0.1, 0.15) is 40.0 Å². The number of likely N-dealkylation sites (tertiary alicyclic amines) is 1. The predicted octanol–water partition coefficient (Wildman–Crippen LogP) is 2.19. The molecule has 0 aromatic carbocycles. The lowest BCUT2D eigenvalue weighted by Gasteiger charge is -2.24. The maximum Gasteiger partial charge on any atom is 0.223 e. The minimum atomic E-state index is 0.203. The molecule has 0 saturated carbocycles. The van der Waals surface area contributed by atoms with Crippen LogP contribution in [0, 0.1) is 5.41 Å². The topological polar surface area (TPSA) is 70.3 Å². The van der Waals surface area contributed by atoms with Crippen molar-refractivity contribution in [2.75, 3.05) is 48.7 Å². The Morgan fingerprint density at radius 1 is 1.22 bits per heavy atom. The highest BCUT2D eigenvalue weighted by Gasteiger charge is 2.30. The van der Waals surface area contributed by atoms with Gasteiger partial charge in [0.05, 0.1) is 0 Å². The summed E-state index contributed by atoms with van der Waals surface area (Å²) in [6.45, 7) is 12.1. The first kappa shape index (κ1) is 16.3. The van der Waals surface area contributed by atoms with Crippen LogP contribution in [0.3, 0.4) is 0 Å². The average Bonchev–Trinajstić information content (AvgIpc) is 3.14. The molecule has 3 rings (SSSR count). The van der Waals surface area contributed by atoms with Crippen molar-refractivity contribution in [1.29, 1.82) is 0 Å². The fourth-order valence-corrected chi connectivity index (χ4v) is 3.42. The summed E-state index contributed by atoms with van der Waals surface area (Å²) in [6, 6.07) is 2.70. The van der Waals surface area contributed by atoms with E-state index in [1.54, 1.807) is 0 Å². The van der Waals surface area contributed by atoms with Crippen molar-refractivity contribution in [3.63, 3.8) is 0 Å². The molecular weight excluding hydrogens is 288 g/mol. The van der Waals surface area contributed by atoms with Crippen LogP contribution in [0.2, 0.25) is 0 Å². The third-order valence-electron chi connectivity index (χ3n) is 4.67. The summed E-state index contributed by atoms with van der Waals surface area (Å²) in [5.41, 5.74) is 6.13. The molecule has 0 spiro atoms. The second kappa shape index (κ2) is 6.51. The molecule has 0 unspecified atom stereocenters. The van der Waals surface area contributed by atoms with Crippen LogP contribution >= 0.6 is 0 Å². The minimum absolute atomic E-state index is 0.203. The van der Waals surface area contributed by atoms with Crippen molar-refractivity contribution >= 4 is 17.6 Å². The molecule has 0 radical (unpaired) electrons. The van der Waals surface area contributed by atoms with Gasteiger partial charge in [0.25, 0.3) is 0 Å². The molecular formula is C17H30N6. The molecule has 0 amide bonds. The highest BCUT2D eigenvalue weighted by Crippen LogP contribution is 2.26. The van der Waals surface area contributed by atoms with Crippen LogP contribution in [0.4, 0.5) is 17.6 Å². The number of hydrogen-bond acceptors (Lipinski definition) is 6. The zero-order chi connectivity index (χ0) is 16.4. The van der Waals surface area contributed by atoms with Gasteiger partial charge in [-0.15, -0.1) is 0 Å². The van der Waals surface area contributed by atoms with Gasteiger partial charge in [0.15, 0.2) is 0 Å². The molecule has 2 aliphatic heterocycles. The number of aromatic nitrogens is 2. The molecule has 2 fully saturated rings. The zero-order valence-electron chi connectivity index (χ0n) is 14.7.